The van der Waals surface area contributed by atoms with Crippen molar-refractivity contribution in [2.45, 2.75) is 17.9 Å². The summed E-state index contributed by atoms with van der Waals surface area (Å²) in [5.41, 5.74) is 3.33. The molecule has 6 nitrogen and oxygen atoms in total. The summed E-state index contributed by atoms with van der Waals surface area (Å²) in [5.74, 6) is 1.02. The molecule has 5 rings (SSSR count). The molecule has 1 aliphatic heterocycles. The van der Waals surface area contributed by atoms with Crippen LogP contribution in [0.15, 0.2) is 118 Å². The summed E-state index contributed by atoms with van der Waals surface area (Å²) < 4.78 is 42.6. The van der Waals surface area contributed by atoms with Gasteiger partial charge in [0, 0.05) is 5.69 Å². The van der Waals surface area contributed by atoms with Gasteiger partial charge in [-0.25, -0.2) is 0 Å². The molecule has 0 spiro atoms. The number of benzene rings is 4. The molecule has 1 heterocycles. The first-order valence-electron chi connectivity index (χ1n) is 11.9. The van der Waals surface area contributed by atoms with Crippen LogP contribution in [0.25, 0.3) is 6.08 Å². The van der Waals surface area contributed by atoms with Crippen molar-refractivity contribution >= 4 is 39.4 Å². The molecule has 4 aromatic rings. The van der Waals surface area contributed by atoms with Gasteiger partial charge < -0.3 is 9.47 Å². The molecule has 0 amide bonds. The second kappa shape index (κ2) is 10.7. The number of methoxy groups -OCH3 is 1. The molecule has 0 aliphatic carbocycles. The Hall–Kier alpha value is -4.07. The van der Waals surface area contributed by atoms with Crippen LogP contribution in [0.5, 0.6) is 5.75 Å². The van der Waals surface area contributed by atoms with Gasteiger partial charge in [0.1, 0.15) is 17.6 Å². The molecule has 0 N–H and O–H groups in total. The molecule has 0 unspecified atom stereocenters. The highest BCUT2D eigenvalue weighted by atomic mass is 35.5. The van der Waals surface area contributed by atoms with Crippen LogP contribution in [-0.2, 0) is 14.8 Å². The number of halogens is 1. The molecule has 0 aromatic heterocycles. The van der Waals surface area contributed by atoms with E-state index >= 15 is 0 Å². The van der Waals surface area contributed by atoms with E-state index in [9.17, 15) is 8.42 Å². The van der Waals surface area contributed by atoms with Crippen molar-refractivity contribution in [2.24, 2.45) is 4.40 Å². The summed E-state index contributed by atoms with van der Waals surface area (Å²) in [4.78, 5) is 1.81. The first kappa shape index (κ1) is 25.6. The predicted molar refractivity (Wildman–Crippen MR) is 151 cm³/mol. The number of sulfonamides is 1. The molecular weight excluding hydrogens is 520 g/mol. The second-order valence-electron chi connectivity index (χ2n) is 8.72. The molecule has 38 heavy (non-hydrogen) atoms. The monoisotopic (exact) mass is 544 g/mol. The third kappa shape index (κ3) is 5.30. The first-order valence-corrected chi connectivity index (χ1v) is 13.7. The molecule has 1 aliphatic rings. The van der Waals surface area contributed by atoms with Crippen LogP contribution in [0.3, 0.4) is 0 Å². The standard InChI is InChI=1S/C30H25ClN2O4S/c1-21-13-16-25(17-14-21)38(34,35)32-30-33(24-15-18-27(36-2)26(31)20-24)29(23-11-7-4-8-12-23)28(37-30)19-22-9-5-3-6-10-22/h3-20,29H,1-2H3/b28-19-,32-30-/t29-/m0/s1. The Morgan fingerprint density at radius 1 is 0.921 bits per heavy atom. The molecule has 0 radical (unpaired) electrons. The van der Waals surface area contributed by atoms with E-state index in [2.05, 4.69) is 4.40 Å². The minimum absolute atomic E-state index is 0.0728. The van der Waals surface area contributed by atoms with Crippen LogP contribution in [-0.4, -0.2) is 21.5 Å². The van der Waals surface area contributed by atoms with Gasteiger partial charge in [0.2, 0.25) is 0 Å². The van der Waals surface area contributed by atoms with E-state index < -0.39 is 16.1 Å². The number of nitrogens with zero attached hydrogens (tertiary/aromatic N) is 2. The number of anilines is 1. The maximum absolute atomic E-state index is 13.4. The first-order chi connectivity index (χ1) is 18.4. The maximum Gasteiger partial charge on any atom is 0.314 e. The van der Waals surface area contributed by atoms with Crippen LogP contribution in [0.4, 0.5) is 5.69 Å². The molecule has 8 heteroatoms. The van der Waals surface area contributed by atoms with Gasteiger partial charge in [-0.15, -0.1) is 4.40 Å². The van der Waals surface area contributed by atoms with Gasteiger partial charge >= 0.3 is 6.02 Å². The number of hydrogen-bond acceptors (Lipinski definition) is 4. The van der Waals surface area contributed by atoms with Crippen molar-refractivity contribution < 1.29 is 17.9 Å². The van der Waals surface area contributed by atoms with Crippen LogP contribution < -0.4 is 9.64 Å². The Balaban J connectivity index is 1.72. The topological polar surface area (TPSA) is 68.2 Å². The number of rotatable bonds is 6. The van der Waals surface area contributed by atoms with Crippen LogP contribution in [0, 0.1) is 6.92 Å². The van der Waals surface area contributed by atoms with Crippen LogP contribution in [0.2, 0.25) is 5.02 Å². The quantitative estimate of drug-likeness (QED) is 0.261. The Morgan fingerprint density at radius 3 is 2.21 bits per heavy atom. The van der Waals surface area contributed by atoms with E-state index in [0.29, 0.717) is 22.2 Å². The summed E-state index contributed by atoms with van der Waals surface area (Å²) in [6.45, 7) is 1.89. The zero-order valence-electron chi connectivity index (χ0n) is 20.8. The van der Waals surface area contributed by atoms with Gasteiger partial charge in [0.05, 0.1) is 17.0 Å². The lowest BCUT2D eigenvalue weighted by molar-refractivity contribution is 0.415. The fourth-order valence-electron chi connectivity index (χ4n) is 4.21. The number of ether oxygens (including phenoxy) is 2. The molecule has 4 aromatic carbocycles. The Labute approximate surface area is 227 Å². The Bertz CT molecular complexity index is 1600. The molecule has 0 bridgehead atoms. The third-order valence-corrected chi connectivity index (χ3v) is 7.66. The summed E-state index contributed by atoms with van der Waals surface area (Å²) in [5, 5.41) is 0.373. The van der Waals surface area contributed by atoms with E-state index in [-0.39, 0.29) is 10.9 Å². The van der Waals surface area contributed by atoms with E-state index in [4.69, 9.17) is 21.1 Å². The SMILES string of the molecule is COc1ccc(N2/C(=N/S(=O)(=O)c3ccc(C)cc3)O/C(=C\c3ccccc3)[C@@H]2c2ccccc2)cc1Cl. The van der Waals surface area contributed by atoms with Crippen LogP contribution in [0.1, 0.15) is 22.7 Å². The van der Waals surface area contributed by atoms with Gasteiger partial charge in [0.15, 0.2) is 0 Å². The van der Waals surface area contributed by atoms with Crippen molar-refractivity contribution in [1.29, 1.82) is 0 Å². The molecule has 1 saturated heterocycles. The zero-order chi connectivity index (χ0) is 26.7. The summed E-state index contributed by atoms with van der Waals surface area (Å²) in [7, 11) is -2.55. The zero-order valence-corrected chi connectivity index (χ0v) is 22.4. The lowest BCUT2D eigenvalue weighted by atomic mass is 10.0. The second-order valence-corrected chi connectivity index (χ2v) is 10.7. The normalized spacial score (nSPS) is 17.6. The maximum atomic E-state index is 13.4. The smallest absolute Gasteiger partial charge is 0.314 e. The van der Waals surface area contributed by atoms with Crippen molar-refractivity contribution in [3.63, 3.8) is 0 Å². The van der Waals surface area contributed by atoms with E-state index in [1.807, 2.05) is 73.7 Å². The van der Waals surface area contributed by atoms with E-state index in [0.717, 1.165) is 16.7 Å². The van der Waals surface area contributed by atoms with Crippen molar-refractivity contribution in [2.75, 3.05) is 12.0 Å². The highest BCUT2D eigenvalue weighted by Gasteiger charge is 2.40. The Kier molecular flexibility index (Phi) is 7.22. The molecule has 1 atom stereocenters. The third-order valence-electron chi connectivity index (χ3n) is 6.10. The fraction of sp³-hybridized carbons (Fsp3) is 0.100. The summed E-state index contributed by atoms with van der Waals surface area (Å²) >= 11 is 6.49. The highest BCUT2D eigenvalue weighted by molar-refractivity contribution is 7.90. The number of hydrogen-bond donors (Lipinski definition) is 0. The van der Waals surface area contributed by atoms with Gasteiger partial charge in [-0.2, -0.15) is 8.42 Å². The predicted octanol–water partition coefficient (Wildman–Crippen LogP) is 7.02. The lowest BCUT2D eigenvalue weighted by Crippen LogP contribution is -2.29. The Morgan fingerprint density at radius 2 is 1.58 bits per heavy atom. The van der Waals surface area contributed by atoms with Crippen molar-refractivity contribution in [3.05, 3.63) is 131 Å². The molecule has 1 fully saturated rings. The van der Waals surface area contributed by atoms with Gasteiger partial charge in [-0.05, 0) is 54.5 Å². The summed E-state index contributed by atoms with van der Waals surface area (Å²) in [6, 6.07) is 30.6. The van der Waals surface area contributed by atoms with Gasteiger partial charge in [-0.3, -0.25) is 4.90 Å². The average molecular weight is 545 g/mol. The number of amidine groups is 1. The molecular formula is C30H25ClN2O4S. The number of aryl methyl sites for hydroxylation is 1. The lowest BCUT2D eigenvalue weighted by Gasteiger charge is -2.24. The largest absolute Gasteiger partial charge is 0.495 e. The van der Waals surface area contributed by atoms with Crippen LogP contribution >= 0.6 is 11.6 Å². The van der Waals surface area contributed by atoms with Crippen molar-refractivity contribution in [1.82, 2.24) is 0 Å². The summed E-state index contributed by atoms with van der Waals surface area (Å²) in [6.07, 6.45) is 1.89. The highest BCUT2D eigenvalue weighted by Crippen LogP contribution is 2.43. The van der Waals surface area contributed by atoms with E-state index in [1.165, 1.54) is 19.2 Å². The minimum Gasteiger partial charge on any atom is -0.495 e. The molecule has 0 saturated carbocycles. The van der Waals surface area contributed by atoms with Gasteiger partial charge in [0.25, 0.3) is 10.0 Å². The van der Waals surface area contributed by atoms with Crippen molar-refractivity contribution in [3.8, 4) is 5.75 Å². The average Bonchev–Trinajstić information content (AvgIpc) is 3.26. The van der Waals surface area contributed by atoms with E-state index in [1.54, 1.807) is 35.2 Å². The molecule has 192 valence electrons. The minimum atomic E-state index is -4.09. The fourth-order valence-corrected chi connectivity index (χ4v) is 5.38. The van der Waals surface area contributed by atoms with Gasteiger partial charge in [-0.1, -0.05) is 90.0 Å².